The molecule has 0 aromatic heterocycles. The number of benzene rings is 1. The predicted molar refractivity (Wildman–Crippen MR) is 75.4 cm³/mol. The van der Waals surface area contributed by atoms with Gasteiger partial charge in [-0.15, -0.1) is 0 Å². The molecular weight excluding hydrogens is 274 g/mol. The normalized spacial score (nSPS) is 24.4. The first-order valence-corrected chi connectivity index (χ1v) is 6.90. The maximum absolute atomic E-state index is 11.8. The number of piperidine rings is 1. The minimum absolute atomic E-state index is 0.0198. The van der Waals surface area contributed by atoms with E-state index in [0.717, 1.165) is 19.4 Å². The molecule has 0 saturated carbocycles. The smallest absolute Gasteiger partial charge is 0.270 e. The molecule has 0 bridgehead atoms. The van der Waals surface area contributed by atoms with E-state index in [4.69, 9.17) is 0 Å². The molecule has 21 heavy (non-hydrogen) atoms. The SMILES string of the molecule is O=Cc1cc([N+](=O)[O-])ccc1N1CCCC2C(=O)NCC21. The number of nitro benzene ring substituents is 1. The molecule has 1 aromatic carbocycles. The van der Waals surface area contributed by atoms with Gasteiger partial charge in [-0.05, 0) is 18.9 Å². The van der Waals surface area contributed by atoms with Crippen LogP contribution in [0.2, 0.25) is 0 Å². The molecule has 3 rings (SSSR count). The van der Waals surface area contributed by atoms with Gasteiger partial charge in [-0.1, -0.05) is 0 Å². The van der Waals surface area contributed by atoms with E-state index in [9.17, 15) is 19.7 Å². The van der Waals surface area contributed by atoms with Gasteiger partial charge in [-0.25, -0.2) is 0 Å². The molecule has 1 aromatic rings. The third-order valence-corrected chi connectivity index (χ3v) is 4.26. The fourth-order valence-corrected chi connectivity index (χ4v) is 3.26. The quantitative estimate of drug-likeness (QED) is 0.511. The van der Waals surface area contributed by atoms with Crippen LogP contribution in [-0.4, -0.2) is 36.2 Å². The summed E-state index contributed by atoms with van der Waals surface area (Å²) in [6.45, 7) is 1.30. The van der Waals surface area contributed by atoms with E-state index in [2.05, 4.69) is 5.32 Å². The number of rotatable bonds is 3. The summed E-state index contributed by atoms with van der Waals surface area (Å²) in [5, 5.41) is 13.7. The summed E-state index contributed by atoms with van der Waals surface area (Å²) in [5.41, 5.74) is 0.862. The van der Waals surface area contributed by atoms with Gasteiger partial charge in [0.05, 0.1) is 16.9 Å². The molecule has 1 N–H and O–H groups in total. The Morgan fingerprint density at radius 3 is 2.95 bits per heavy atom. The lowest BCUT2D eigenvalue weighted by Crippen LogP contribution is -2.46. The Bertz CT molecular complexity index is 616. The molecule has 0 spiro atoms. The molecule has 1 amide bonds. The zero-order valence-corrected chi connectivity index (χ0v) is 11.3. The zero-order valence-electron chi connectivity index (χ0n) is 11.3. The average molecular weight is 289 g/mol. The van der Waals surface area contributed by atoms with Gasteiger partial charge in [-0.2, -0.15) is 0 Å². The fraction of sp³-hybridized carbons (Fsp3) is 0.429. The van der Waals surface area contributed by atoms with Crippen LogP contribution in [0.4, 0.5) is 11.4 Å². The molecule has 2 atom stereocenters. The summed E-state index contributed by atoms with van der Waals surface area (Å²) in [4.78, 5) is 35.4. The second kappa shape index (κ2) is 5.16. The number of nitro groups is 1. The number of nitrogens with zero attached hydrogens (tertiary/aromatic N) is 2. The molecule has 110 valence electrons. The van der Waals surface area contributed by atoms with Crippen molar-refractivity contribution in [2.45, 2.75) is 18.9 Å². The molecule has 0 aliphatic carbocycles. The first kappa shape index (κ1) is 13.5. The lowest BCUT2D eigenvalue weighted by Gasteiger charge is -2.38. The van der Waals surface area contributed by atoms with Crippen molar-refractivity contribution in [2.75, 3.05) is 18.0 Å². The molecule has 2 saturated heterocycles. The van der Waals surface area contributed by atoms with Crippen LogP contribution in [0.3, 0.4) is 0 Å². The van der Waals surface area contributed by atoms with Crippen LogP contribution in [0.15, 0.2) is 18.2 Å². The van der Waals surface area contributed by atoms with Crippen LogP contribution >= 0.6 is 0 Å². The first-order chi connectivity index (χ1) is 10.1. The van der Waals surface area contributed by atoms with E-state index >= 15 is 0 Å². The summed E-state index contributed by atoms with van der Waals surface area (Å²) >= 11 is 0. The molecule has 2 unspecified atom stereocenters. The van der Waals surface area contributed by atoms with E-state index < -0.39 is 4.92 Å². The lowest BCUT2D eigenvalue weighted by atomic mass is 9.90. The number of amides is 1. The molecular formula is C14H15N3O4. The van der Waals surface area contributed by atoms with E-state index in [-0.39, 0.29) is 23.6 Å². The molecule has 7 heteroatoms. The number of nitrogens with one attached hydrogen (secondary N) is 1. The Morgan fingerprint density at radius 1 is 1.43 bits per heavy atom. The van der Waals surface area contributed by atoms with Crippen molar-refractivity contribution in [3.8, 4) is 0 Å². The van der Waals surface area contributed by atoms with E-state index in [1.165, 1.54) is 12.1 Å². The van der Waals surface area contributed by atoms with Crippen molar-refractivity contribution < 1.29 is 14.5 Å². The molecule has 2 heterocycles. The summed E-state index contributed by atoms with van der Waals surface area (Å²) < 4.78 is 0. The third-order valence-electron chi connectivity index (χ3n) is 4.26. The van der Waals surface area contributed by atoms with E-state index in [1.807, 2.05) is 4.90 Å². The number of non-ortho nitro benzene ring substituents is 1. The minimum atomic E-state index is -0.517. The summed E-state index contributed by atoms with van der Waals surface area (Å²) in [6, 6.07) is 4.31. The highest BCUT2D eigenvalue weighted by atomic mass is 16.6. The number of hydrogen-bond acceptors (Lipinski definition) is 5. The lowest BCUT2D eigenvalue weighted by molar-refractivity contribution is -0.384. The van der Waals surface area contributed by atoms with Gasteiger partial charge in [0.1, 0.15) is 0 Å². The number of carbonyl (C=O) groups is 2. The topological polar surface area (TPSA) is 92.5 Å². The standard InChI is InChI=1S/C14H15N3O4/c18-8-9-6-10(17(20)21)3-4-12(9)16-5-1-2-11-13(16)7-15-14(11)19/h3-4,6,8,11,13H,1-2,5,7H2,(H,15,19). The maximum Gasteiger partial charge on any atom is 0.270 e. The van der Waals surface area contributed by atoms with E-state index in [0.29, 0.717) is 24.1 Å². The van der Waals surface area contributed by atoms with Gasteiger partial charge in [0.2, 0.25) is 5.91 Å². The van der Waals surface area contributed by atoms with Crippen molar-refractivity contribution >= 4 is 23.6 Å². The number of fused-ring (bicyclic) bond motifs is 1. The van der Waals surface area contributed by atoms with Crippen LogP contribution in [0.5, 0.6) is 0 Å². The largest absolute Gasteiger partial charge is 0.365 e. The number of carbonyl (C=O) groups excluding carboxylic acids is 2. The van der Waals surface area contributed by atoms with Gasteiger partial charge < -0.3 is 10.2 Å². The molecule has 2 fully saturated rings. The maximum atomic E-state index is 11.8. The summed E-state index contributed by atoms with van der Waals surface area (Å²) in [7, 11) is 0. The summed E-state index contributed by atoms with van der Waals surface area (Å²) in [5.74, 6) is -0.00675. The van der Waals surface area contributed by atoms with Crippen molar-refractivity contribution in [1.29, 1.82) is 0 Å². The zero-order chi connectivity index (χ0) is 15.0. The number of anilines is 1. The highest BCUT2D eigenvalue weighted by Crippen LogP contribution is 2.34. The van der Waals surface area contributed by atoms with Crippen LogP contribution in [0, 0.1) is 16.0 Å². The van der Waals surface area contributed by atoms with Crippen molar-refractivity contribution in [1.82, 2.24) is 5.32 Å². The number of aldehydes is 1. The van der Waals surface area contributed by atoms with Crippen LogP contribution in [0.1, 0.15) is 23.2 Å². The Balaban J connectivity index is 1.97. The summed E-state index contributed by atoms with van der Waals surface area (Å²) in [6.07, 6.45) is 2.34. The van der Waals surface area contributed by atoms with Gasteiger partial charge in [0, 0.05) is 36.5 Å². The van der Waals surface area contributed by atoms with Gasteiger partial charge in [-0.3, -0.25) is 19.7 Å². The average Bonchev–Trinajstić information content (AvgIpc) is 2.88. The van der Waals surface area contributed by atoms with Crippen molar-refractivity contribution in [3.63, 3.8) is 0 Å². The Morgan fingerprint density at radius 2 is 2.24 bits per heavy atom. The van der Waals surface area contributed by atoms with Crippen LogP contribution in [-0.2, 0) is 4.79 Å². The van der Waals surface area contributed by atoms with Crippen molar-refractivity contribution in [3.05, 3.63) is 33.9 Å². The van der Waals surface area contributed by atoms with Gasteiger partial charge in [0.25, 0.3) is 5.69 Å². The highest BCUT2D eigenvalue weighted by molar-refractivity contribution is 5.88. The first-order valence-electron chi connectivity index (χ1n) is 6.90. The van der Waals surface area contributed by atoms with Gasteiger partial charge >= 0.3 is 0 Å². The molecule has 0 radical (unpaired) electrons. The minimum Gasteiger partial charge on any atom is -0.365 e. The predicted octanol–water partition coefficient (Wildman–Crippen LogP) is 1.12. The second-order valence-corrected chi connectivity index (χ2v) is 5.37. The van der Waals surface area contributed by atoms with Crippen molar-refractivity contribution in [2.24, 2.45) is 5.92 Å². The molecule has 2 aliphatic rings. The molecule has 7 nitrogen and oxygen atoms in total. The highest BCUT2D eigenvalue weighted by Gasteiger charge is 2.41. The van der Waals surface area contributed by atoms with E-state index in [1.54, 1.807) is 6.07 Å². The Hall–Kier alpha value is -2.44. The number of hydrogen-bond donors (Lipinski definition) is 1. The van der Waals surface area contributed by atoms with Crippen LogP contribution in [0.25, 0.3) is 0 Å². The Labute approximate surface area is 121 Å². The monoisotopic (exact) mass is 289 g/mol. The fourth-order valence-electron chi connectivity index (χ4n) is 3.26. The van der Waals surface area contributed by atoms with Crippen LogP contribution < -0.4 is 10.2 Å². The third kappa shape index (κ3) is 2.24. The Kier molecular flexibility index (Phi) is 3.32. The second-order valence-electron chi connectivity index (χ2n) is 5.37. The molecule has 2 aliphatic heterocycles. The van der Waals surface area contributed by atoms with Gasteiger partial charge in [0.15, 0.2) is 6.29 Å².